The van der Waals surface area contributed by atoms with Gasteiger partial charge in [0, 0.05) is 11.2 Å². The summed E-state index contributed by atoms with van der Waals surface area (Å²) in [5.41, 5.74) is 1.26. The van der Waals surface area contributed by atoms with E-state index >= 15 is 0 Å². The van der Waals surface area contributed by atoms with E-state index in [0.29, 0.717) is 16.3 Å². The van der Waals surface area contributed by atoms with E-state index in [0.717, 1.165) is 25.1 Å². The Morgan fingerprint density at radius 3 is 2.70 bits per heavy atom. The second-order valence-corrected chi connectivity index (χ2v) is 7.38. The van der Waals surface area contributed by atoms with Gasteiger partial charge in [-0.1, -0.05) is 37.3 Å². The fourth-order valence-electron chi connectivity index (χ4n) is 2.89. The maximum absolute atomic E-state index is 12.2. The molecule has 2 heterocycles. The van der Waals surface area contributed by atoms with Crippen LogP contribution in [0.5, 0.6) is 0 Å². The van der Waals surface area contributed by atoms with E-state index in [-0.39, 0.29) is 6.04 Å². The molecule has 104 valence electrons. The molecule has 1 aromatic heterocycles. The maximum atomic E-state index is 12.2. The van der Waals surface area contributed by atoms with Crippen LogP contribution in [-0.4, -0.2) is 24.2 Å². The lowest BCUT2D eigenvalue weighted by atomic mass is 10.0. The van der Waals surface area contributed by atoms with E-state index in [1.165, 1.54) is 5.56 Å². The predicted molar refractivity (Wildman–Crippen MR) is 77.1 cm³/mol. The van der Waals surface area contributed by atoms with Gasteiger partial charge in [-0.05, 0) is 24.8 Å². The van der Waals surface area contributed by atoms with Gasteiger partial charge in [0.15, 0.2) is 0 Å². The first kappa shape index (κ1) is 12.3. The Bertz CT molecular complexity index is 663. The Hall–Kier alpha value is -1.49. The van der Waals surface area contributed by atoms with Crippen molar-refractivity contribution in [1.82, 2.24) is 14.8 Å². The van der Waals surface area contributed by atoms with Crippen molar-refractivity contribution < 1.29 is 4.21 Å². The van der Waals surface area contributed by atoms with Gasteiger partial charge in [0.2, 0.25) is 5.16 Å². The van der Waals surface area contributed by atoms with Crippen LogP contribution in [-0.2, 0) is 10.8 Å². The molecular formula is C15H17N3OS. The van der Waals surface area contributed by atoms with E-state index in [1.54, 1.807) is 0 Å². The number of rotatable bonds is 3. The molecule has 1 aliphatic carbocycles. The van der Waals surface area contributed by atoms with E-state index in [4.69, 9.17) is 0 Å². The van der Waals surface area contributed by atoms with Crippen LogP contribution in [0.25, 0.3) is 0 Å². The summed E-state index contributed by atoms with van der Waals surface area (Å²) in [4.78, 5) is 4.56. The monoisotopic (exact) mass is 287 g/mol. The van der Waals surface area contributed by atoms with E-state index in [2.05, 4.69) is 41.3 Å². The number of fused-ring (bicyclic) bond motifs is 1. The van der Waals surface area contributed by atoms with Crippen molar-refractivity contribution in [2.75, 3.05) is 0 Å². The highest BCUT2D eigenvalue weighted by Gasteiger charge is 2.37. The van der Waals surface area contributed by atoms with Crippen LogP contribution in [0.15, 0.2) is 35.5 Å². The summed E-state index contributed by atoms with van der Waals surface area (Å²) >= 11 is 0. The van der Waals surface area contributed by atoms with Gasteiger partial charge in [0.25, 0.3) is 0 Å². The molecule has 2 aromatic rings. The van der Waals surface area contributed by atoms with Crippen LogP contribution in [0.4, 0.5) is 0 Å². The van der Waals surface area contributed by atoms with E-state index in [9.17, 15) is 4.21 Å². The molecule has 20 heavy (non-hydrogen) atoms. The van der Waals surface area contributed by atoms with Gasteiger partial charge >= 0.3 is 0 Å². The first-order valence-corrected chi connectivity index (χ1v) is 8.37. The number of nitrogens with zero attached hydrogens (tertiary/aromatic N) is 3. The molecule has 1 unspecified atom stereocenters. The molecule has 3 atom stereocenters. The first-order chi connectivity index (χ1) is 9.74. The molecule has 5 heteroatoms. The van der Waals surface area contributed by atoms with Crippen LogP contribution in [0.1, 0.15) is 49.5 Å². The maximum Gasteiger partial charge on any atom is 0.239 e. The highest BCUT2D eigenvalue weighted by Crippen LogP contribution is 2.39. The number of hydrogen-bond acceptors (Lipinski definition) is 3. The summed E-state index contributed by atoms with van der Waals surface area (Å²) in [6.07, 6.45) is 3.12. The second kappa shape index (κ2) is 4.52. The van der Waals surface area contributed by atoms with Crippen molar-refractivity contribution in [3.8, 4) is 0 Å². The molecule has 0 spiro atoms. The fraction of sp³-hybridized carbons (Fsp3) is 0.467. The smallest absolute Gasteiger partial charge is 0.239 e. The van der Waals surface area contributed by atoms with Crippen molar-refractivity contribution in [1.29, 1.82) is 0 Å². The minimum atomic E-state index is -1.01. The molecule has 4 rings (SSSR count). The highest BCUT2D eigenvalue weighted by molar-refractivity contribution is 7.85. The third-order valence-electron chi connectivity index (χ3n) is 4.14. The van der Waals surface area contributed by atoms with Gasteiger partial charge in [-0.2, -0.15) is 0 Å². The van der Waals surface area contributed by atoms with Gasteiger partial charge in [-0.3, -0.25) is 4.21 Å². The van der Waals surface area contributed by atoms with Crippen LogP contribution >= 0.6 is 0 Å². The molecule has 0 bridgehead atoms. The Kier molecular flexibility index (Phi) is 2.77. The number of hydrogen-bond donors (Lipinski definition) is 0. The zero-order chi connectivity index (χ0) is 13.7. The molecule has 0 saturated heterocycles. The standard InChI is InChI=1S/C15H17N3OS/c1-10-9-13(11-5-3-2-4-6-11)18-14(10)16-15(17-18)20(19)12-7-8-12/h2-6,10,12-13H,7-9H2,1H3/t10-,13-,20?/m0/s1. The van der Waals surface area contributed by atoms with Gasteiger partial charge in [0.05, 0.1) is 16.8 Å². The number of aromatic nitrogens is 3. The highest BCUT2D eigenvalue weighted by atomic mass is 32.2. The second-order valence-electron chi connectivity index (χ2n) is 5.76. The fourth-order valence-corrected chi connectivity index (χ4v) is 4.10. The van der Waals surface area contributed by atoms with Gasteiger partial charge in [-0.15, -0.1) is 5.10 Å². The molecule has 0 amide bonds. The summed E-state index contributed by atoms with van der Waals surface area (Å²) in [6.45, 7) is 2.17. The summed E-state index contributed by atoms with van der Waals surface area (Å²) in [5.74, 6) is 1.36. The molecule has 1 aromatic carbocycles. The summed E-state index contributed by atoms with van der Waals surface area (Å²) in [7, 11) is -1.01. The Labute approximate surface area is 120 Å². The molecular weight excluding hydrogens is 270 g/mol. The molecule has 0 N–H and O–H groups in total. The lowest BCUT2D eigenvalue weighted by Crippen LogP contribution is -2.09. The van der Waals surface area contributed by atoms with Gasteiger partial charge in [0.1, 0.15) is 5.82 Å². The lowest BCUT2D eigenvalue weighted by Gasteiger charge is -2.11. The molecule has 1 aliphatic heterocycles. The zero-order valence-electron chi connectivity index (χ0n) is 11.4. The molecule has 1 fully saturated rings. The van der Waals surface area contributed by atoms with E-state index < -0.39 is 10.8 Å². The predicted octanol–water partition coefficient (Wildman–Crippen LogP) is 2.64. The minimum absolute atomic E-state index is 0.235. The summed E-state index contributed by atoms with van der Waals surface area (Å²) in [5, 5.41) is 5.40. The molecule has 0 radical (unpaired) electrons. The zero-order valence-corrected chi connectivity index (χ0v) is 12.2. The Balaban J connectivity index is 1.72. The average molecular weight is 287 g/mol. The van der Waals surface area contributed by atoms with Crippen molar-refractivity contribution >= 4 is 10.8 Å². The van der Waals surface area contributed by atoms with Crippen molar-refractivity contribution in [3.63, 3.8) is 0 Å². The minimum Gasteiger partial charge on any atom is -0.251 e. The van der Waals surface area contributed by atoms with Crippen LogP contribution in [0.2, 0.25) is 0 Å². The summed E-state index contributed by atoms with van der Waals surface area (Å²) in [6, 6.07) is 10.6. The van der Waals surface area contributed by atoms with Gasteiger partial charge < -0.3 is 0 Å². The molecule has 4 nitrogen and oxygen atoms in total. The summed E-state index contributed by atoms with van der Waals surface area (Å²) < 4.78 is 14.2. The van der Waals surface area contributed by atoms with Crippen LogP contribution in [0.3, 0.4) is 0 Å². The molecule has 2 aliphatic rings. The Morgan fingerprint density at radius 2 is 2.00 bits per heavy atom. The topological polar surface area (TPSA) is 47.8 Å². The normalized spacial score (nSPS) is 26.4. The van der Waals surface area contributed by atoms with Crippen molar-refractivity contribution in [2.45, 2.75) is 48.6 Å². The van der Waals surface area contributed by atoms with Crippen LogP contribution in [0, 0.1) is 0 Å². The van der Waals surface area contributed by atoms with Crippen LogP contribution < -0.4 is 0 Å². The average Bonchev–Trinajstić information content (AvgIpc) is 3.15. The van der Waals surface area contributed by atoms with E-state index in [1.807, 2.05) is 10.7 Å². The van der Waals surface area contributed by atoms with Gasteiger partial charge in [-0.25, -0.2) is 9.67 Å². The first-order valence-electron chi connectivity index (χ1n) is 7.16. The quantitative estimate of drug-likeness (QED) is 0.872. The SMILES string of the molecule is C[C@H]1C[C@@H](c2ccccc2)n2nc(S(=O)C3CC3)nc21. The third kappa shape index (κ3) is 1.92. The lowest BCUT2D eigenvalue weighted by molar-refractivity contribution is 0.529. The van der Waals surface area contributed by atoms with Crippen molar-refractivity contribution in [3.05, 3.63) is 41.7 Å². The number of benzene rings is 1. The largest absolute Gasteiger partial charge is 0.251 e. The molecule has 1 saturated carbocycles. The van der Waals surface area contributed by atoms with Crippen molar-refractivity contribution in [2.24, 2.45) is 0 Å². The Morgan fingerprint density at radius 1 is 1.25 bits per heavy atom. The third-order valence-corrected chi connectivity index (χ3v) is 5.75.